The van der Waals surface area contributed by atoms with E-state index in [9.17, 15) is 4.79 Å². The van der Waals surface area contributed by atoms with E-state index in [2.05, 4.69) is 0 Å². The number of carbonyl (C=O) groups excluding carboxylic acids is 1. The molecule has 0 aromatic carbocycles. The molecule has 1 saturated heterocycles. The summed E-state index contributed by atoms with van der Waals surface area (Å²) in [4.78, 5) is 12.3. The van der Waals surface area contributed by atoms with E-state index in [1.807, 2.05) is 4.90 Å². The number of hydrogen-bond acceptors (Lipinski definition) is 1. The summed E-state index contributed by atoms with van der Waals surface area (Å²) in [6.45, 7) is 1.04. The van der Waals surface area contributed by atoms with Crippen LogP contribution in [0.25, 0.3) is 0 Å². The van der Waals surface area contributed by atoms with Gasteiger partial charge in [0.1, 0.15) is 0 Å². The molecule has 2 nitrogen and oxygen atoms in total. The van der Waals surface area contributed by atoms with Crippen LogP contribution < -0.4 is 0 Å². The van der Waals surface area contributed by atoms with E-state index >= 15 is 0 Å². The fraction of sp³-hybridized carbons (Fsp3) is 0.857. The van der Waals surface area contributed by atoms with E-state index < -0.39 is 0 Å². The fourth-order valence-corrected chi connectivity index (χ4v) is 2.09. The maximum absolute atomic E-state index is 10.3. The van der Waals surface area contributed by atoms with E-state index in [4.69, 9.17) is 0 Å². The molecule has 1 heterocycles. The first kappa shape index (κ1) is 5.27. The molecule has 1 amide bonds. The molecule has 2 heteroatoms. The molecular formula is C7H11NO. The Labute approximate surface area is 54.8 Å². The fourth-order valence-electron chi connectivity index (χ4n) is 2.09. The first-order valence-corrected chi connectivity index (χ1v) is 3.61. The Morgan fingerprint density at radius 2 is 2.33 bits per heavy atom. The molecule has 1 saturated carbocycles. The highest BCUT2D eigenvalue weighted by Crippen LogP contribution is 2.35. The molecule has 0 spiro atoms. The van der Waals surface area contributed by atoms with Gasteiger partial charge in [-0.25, -0.2) is 0 Å². The molecular weight excluding hydrogens is 114 g/mol. The van der Waals surface area contributed by atoms with Gasteiger partial charge in [-0.15, -0.1) is 0 Å². The maximum atomic E-state index is 10.3. The largest absolute Gasteiger partial charge is 0.342 e. The van der Waals surface area contributed by atoms with Crippen molar-refractivity contribution in [3.63, 3.8) is 0 Å². The van der Waals surface area contributed by atoms with Crippen LogP contribution in [-0.4, -0.2) is 23.9 Å². The van der Waals surface area contributed by atoms with E-state index in [0.717, 1.165) is 18.9 Å². The van der Waals surface area contributed by atoms with E-state index in [1.165, 1.54) is 19.3 Å². The Bertz CT molecular complexity index is 135. The second kappa shape index (κ2) is 1.72. The smallest absolute Gasteiger partial charge is 0.209 e. The second-order valence-electron chi connectivity index (χ2n) is 3.14. The lowest BCUT2D eigenvalue weighted by molar-refractivity contribution is -0.119. The standard InChI is InChI=1S/C7H11NO/c9-5-8-4-6-1-2-7(8)3-6/h5-7H,1-4H2/t6-,7?/m0/s1. The molecule has 0 N–H and O–H groups in total. The predicted molar refractivity (Wildman–Crippen MR) is 33.9 cm³/mol. The third-order valence-electron chi connectivity index (χ3n) is 2.59. The molecule has 9 heavy (non-hydrogen) atoms. The predicted octanol–water partition coefficient (Wildman–Crippen LogP) is 0.627. The van der Waals surface area contributed by atoms with Gasteiger partial charge in [0.2, 0.25) is 6.41 Å². The molecule has 2 rings (SSSR count). The Morgan fingerprint density at radius 3 is 2.67 bits per heavy atom. The molecule has 1 unspecified atom stereocenters. The molecule has 50 valence electrons. The van der Waals surface area contributed by atoms with Gasteiger partial charge in [-0.3, -0.25) is 4.79 Å². The summed E-state index contributed by atoms with van der Waals surface area (Å²) in [5.41, 5.74) is 0. The molecule has 2 aliphatic rings. The number of likely N-dealkylation sites (tertiary alicyclic amines) is 1. The van der Waals surface area contributed by atoms with Gasteiger partial charge in [0.25, 0.3) is 0 Å². The summed E-state index contributed by atoms with van der Waals surface area (Å²) in [7, 11) is 0. The average Bonchev–Trinajstić information content (AvgIpc) is 2.45. The van der Waals surface area contributed by atoms with E-state index in [-0.39, 0.29) is 0 Å². The lowest BCUT2D eigenvalue weighted by Gasteiger charge is -2.21. The van der Waals surface area contributed by atoms with Gasteiger partial charge in [0.05, 0.1) is 0 Å². The van der Waals surface area contributed by atoms with Crippen molar-refractivity contribution in [2.75, 3.05) is 6.54 Å². The average molecular weight is 125 g/mol. The minimum absolute atomic E-state index is 0.618. The number of carbonyl (C=O) groups is 1. The molecule has 0 radical (unpaired) electrons. The SMILES string of the molecule is O=CN1C[C@H]2CCC1C2. The Balaban J connectivity index is 2.09. The molecule has 2 atom stereocenters. The zero-order valence-electron chi connectivity index (χ0n) is 5.42. The van der Waals surface area contributed by atoms with Crippen molar-refractivity contribution in [3.8, 4) is 0 Å². The third-order valence-corrected chi connectivity index (χ3v) is 2.59. The zero-order valence-corrected chi connectivity index (χ0v) is 5.42. The number of piperidine rings is 1. The van der Waals surface area contributed by atoms with Crippen molar-refractivity contribution in [1.29, 1.82) is 0 Å². The van der Waals surface area contributed by atoms with Gasteiger partial charge in [0.15, 0.2) is 0 Å². The molecule has 2 fully saturated rings. The van der Waals surface area contributed by atoms with Gasteiger partial charge < -0.3 is 4.90 Å². The van der Waals surface area contributed by atoms with Crippen LogP contribution in [0.3, 0.4) is 0 Å². The van der Waals surface area contributed by atoms with Crippen LogP contribution in [-0.2, 0) is 4.79 Å². The van der Waals surface area contributed by atoms with Gasteiger partial charge in [-0.05, 0) is 25.2 Å². The molecule has 0 aromatic heterocycles. The molecule has 0 aromatic rings. The number of hydrogen-bond donors (Lipinski definition) is 0. The Kier molecular flexibility index (Phi) is 1.01. The zero-order chi connectivity index (χ0) is 6.27. The quantitative estimate of drug-likeness (QED) is 0.471. The lowest BCUT2D eigenvalue weighted by Crippen LogP contribution is -2.30. The highest BCUT2D eigenvalue weighted by molar-refractivity contribution is 5.49. The normalized spacial score (nSPS) is 39.8. The molecule has 2 bridgehead atoms. The minimum atomic E-state index is 0.618. The minimum Gasteiger partial charge on any atom is -0.342 e. The Hall–Kier alpha value is -0.530. The summed E-state index contributed by atoms with van der Waals surface area (Å²) >= 11 is 0. The van der Waals surface area contributed by atoms with E-state index in [0.29, 0.717) is 6.04 Å². The van der Waals surface area contributed by atoms with Gasteiger partial charge in [-0.2, -0.15) is 0 Å². The highest BCUT2D eigenvalue weighted by Gasteiger charge is 2.36. The van der Waals surface area contributed by atoms with Crippen molar-refractivity contribution < 1.29 is 4.79 Å². The molecule has 1 aliphatic carbocycles. The van der Waals surface area contributed by atoms with Crippen molar-refractivity contribution >= 4 is 6.41 Å². The van der Waals surface area contributed by atoms with Crippen LogP contribution in [0.5, 0.6) is 0 Å². The van der Waals surface area contributed by atoms with Crippen LogP contribution in [0.15, 0.2) is 0 Å². The third kappa shape index (κ3) is 0.655. The second-order valence-corrected chi connectivity index (χ2v) is 3.14. The first-order chi connectivity index (χ1) is 4.40. The highest BCUT2D eigenvalue weighted by atomic mass is 16.1. The van der Waals surface area contributed by atoms with E-state index in [1.54, 1.807) is 0 Å². The summed E-state index contributed by atoms with van der Waals surface area (Å²) in [6, 6.07) is 0.618. The summed E-state index contributed by atoms with van der Waals surface area (Å²) < 4.78 is 0. The van der Waals surface area contributed by atoms with Gasteiger partial charge in [-0.1, -0.05) is 0 Å². The number of nitrogens with zero attached hydrogens (tertiary/aromatic N) is 1. The van der Waals surface area contributed by atoms with Gasteiger partial charge >= 0.3 is 0 Å². The summed E-state index contributed by atoms with van der Waals surface area (Å²) in [5, 5.41) is 0. The van der Waals surface area contributed by atoms with Crippen LogP contribution in [0.4, 0.5) is 0 Å². The van der Waals surface area contributed by atoms with Crippen molar-refractivity contribution in [2.45, 2.75) is 25.3 Å². The van der Waals surface area contributed by atoms with Crippen molar-refractivity contribution in [2.24, 2.45) is 5.92 Å². The summed E-state index contributed by atoms with van der Waals surface area (Å²) in [6.07, 6.45) is 4.89. The first-order valence-electron chi connectivity index (χ1n) is 3.61. The topological polar surface area (TPSA) is 20.3 Å². The van der Waals surface area contributed by atoms with Crippen LogP contribution in [0.2, 0.25) is 0 Å². The molecule has 1 aliphatic heterocycles. The van der Waals surface area contributed by atoms with Crippen LogP contribution in [0, 0.1) is 5.92 Å². The Morgan fingerprint density at radius 1 is 1.44 bits per heavy atom. The maximum Gasteiger partial charge on any atom is 0.209 e. The van der Waals surface area contributed by atoms with Crippen LogP contribution >= 0.6 is 0 Å². The monoisotopic (exact) mass is 125 g/mol. The van der Waals surface area contributed by atoms with Crippen molar-refractivity contribution in [3.05, 3.63) is 0 Å². The van der Waals surface area contributed by atoms with Crippen molar-refractivity contribution in [1.82, 2.24) is 4.90 Å². The number of amides is 1. The van der Waals surface area contributed by atoms with Gasteiger partial charge in [0, 0.05) is 12.6 Å². The number of fused-ring (bicyclic) bond motifs is 2. The summed E-state index contributed by atoms with van der Waals surface area (Å²) in [5.74, 6) is 0.847. The lowest BCUT2D eigenvalue weighted by atomic mass is 10.1. The number of rotatable bonds is 1. The van der Waals surface area contributed by atoms with Crippen LogP contribution in [0.1, 0.15) is 19.3 Å².